The quantitative estimate of drug-likeness (QED) is 0.635. The van der Waals surface area contributed by atoms with E-state index in [4.69, 9.17) is 0 Å². The number of aliphatic carboxylic acids is 1. The van der Waals surface area contributed by atoms with Gasteiger partial charge in [0, 0.05) is 23.8 Å². The fourth-order valence-corrected chi connectivity index (χ4v) is 2.54. The molecule has 0 aliphatic carbocycles. The van der Waals surface area contributed by atoms with E-state index in [0.29, 0.717) is 16.7 Å². The summed E-state index contributed by atoms with van der Waals surface area (Å²) >= 11 is 1.04. The zero-order valence-corrected chi connectivity index (χ0v) is 12.1. The van der Waals surface area contributed by atoms with Crippen LogP contribution in [-0.2, 0) is 4.79 Å². The molecule has 2 heterocycles. The van der Waals surface area contributed by atoms with E-state index in [-0.39, 0.29) is 5.75 Å². The number of hydrogen-bond acceptors (Lipinski definition) is 7. The molecule has 1 aromatic carbocycles. The second kappa shape index (κ2) is 6.35. The predicted molar refractivity (Wildman–Crippen MR) is 78.1 cm³/mol. The molecule has 0 amide bonds. The number of carboxylic acid groups (broad SMARTS) is 1. The Balaban J connectivity index is 2.09. The maximum atomic E-state index is 10.7. The van der Waals surface area contributed by atoms with E-state index in [1.807, 2.05) is 30.3 Å². The minimum absolute atomic E-state index is 0.203. The Bertz CT molecular complexity index is 776. The van der Waals surface area contributed by atoms with E-state index in [0.717, 1.165) is 17.4 Å². The van der Waals surface area contributed by atoms with Gasteiger partial charge in [0.1, 0.15) is 5.69 Å². The molecule has 0 atom stereocenters. The van der Waals surface area contributed by atoms with Crippen LogP contribution in [0.15, 0.2) is 54.1 Å². The number of rotatable bonds is 5. The van der Waals surface area contributed by atoms with Gasteiger partial charge in [0.15, 0.2) is 11.0 Å². The number of thioether (sulfide) groups is 1. The van der Waals surface area contributed by atoms with Crippen molar-refractivity contribution < 1.29 is 9.90 Å². The van der Waals surface area contributed by atoms with Gasteiger partial charge < -0.3 is 9.90 Å². The van der Waals surface area contributed by atoms with Gasteiger partial charge in [0.05, 0.1) is 12.2 Å². The molecule has 22 heavy (non-hydrogen) atoms. The lowest BCUT2D eigenvalue weighted by atomic mass is 10.3. The van der Waals surface area contributed by atoms with E-state index < -0.39 is 5.97 Å². The summed E-state index contributed by atoms with van der Waals surface area (Å²) in [6, 6.07) is 9.41. The van der Waals surface area contributed by atoms with Crippen LogP contribution in [-0.4, -0.2) is 36.5 Å². The molecule has 0 unspecified atom stereocenters. The molecular formula is C14H10N5O2S-. The second-order valence-corrected chi connectivity index (χ2v) is 5.17. The second-order valence-electron chi connectivity index (χ2n) is 4.23. The van der Waals surface area contributed by atoms with Gasteiger partial charge in [-0.3, -0.25) is 9.55 Å². The largest absolute Gasteiger partial charge is 0.549 e. The number of hydrogen-bond donors (Lipinski definition) is 0. The first-order valence-electron chi connectivity index (χ1n) is 6.35. The molecule has 0 bridgehead atoms. The van der Waals surface area contributed by atoms with Crippen molar-refractivity contribution in [1.82, 2.24) is 24.7 Å². The number of carbonyl (C=O) groups excluding carboxylic acids is 1. The monoisotopic (exact) mass is 312 g/mol. The van der Waals surface area contributed by atoms with Gasteiger partial charge in [0.25, 0.3) is 0 Å². The summed E-state index contributed by atoms with van der Waals surface area (Å²) in [5.41, 5.74) is 1.37. The summed E-state index contributed by atoms with van der Waals surface area (Å²) in [5, 5.41) is 19.3. The lowest BCUT2D eigenvalue weighted by molar-refractivity contribution is -0.301. The molecule has 8 heteroatoms. The molecule has 7 nitrogen and oxygen atoms in total. The highest BCUT2D eigenvalue weighted by Crippen LogP contribution is 2.26. The number of carboxylic acids is 1. The van der Waals surface area contributed by atoms with Crippen molar-refractivity contribution in [2.24, 2.45) is 0 Å². The molecule has 2 aromatic heterocycles. The molecule has 110 valence electrons. The van der Waals surface area contributed by atoms with Crippen LogP contribution in [0.2, 0.25) is 0 Å². The highest BCUT2D eigenvalue weighted by atomic mass is 32.2. The molecule has 0 aliphatic heterocycles. The summed E-state index contributed by atoms with van der Waals surface area (Å²) in [5.74, 6) is -0.861. The Kier molecular flexibility index (Phi) is 4.10. The molecule has 0 aliphatic rings. The maximum Gasteiger partial charge on any atom is 0.196 e. The Morgan fingerprint density at radius 2 is 2.00 bits per heavy atom. The zero-order valence-electron chi connectivity index (χ0n) is 11.3. The van der Waals surface area contributed by atoms with E-state index in [1.165, 1.54) is 0 Å². The smallest absolute Gasteiger partial charge is 0.196 e. The summed E-state index contributed by atoms with van der Waals surface area (Å²) in [4.78, 5) is 18.9. The third kappa shape index (κ3) is 2.96. The summed E-state index contributed by atoms with van der Waals surface area (Å²) in [6.45, 7) is 0. The fraction of sp³-hybridized carbons (Fsp3) is 0.0714. The molecular weight excluding hydrogens is 302 g/mol. The van der Waals surface area contributed by atoms with Crippen LogP contribution in [0.1, 0.15) is 0 Å². The molecule has 0 saturated heterocycles. The van der Waals surface area contributed by atoms with Gasteiger partial charge in [0.2, 0.25) is 0 Å². The van der Waals surface area contributed by atoms with Gasteiger partial charge in [-0.1, -0.05) is 30.0 Å². The van der Waals surface area contributed by atoms with Gasteiger partial charge in [-0.15, -0.1) is 10.2 Å². The Morgan fingerprint density at radius 1 is 1.18 bits per heavy atom. The normalized spacial score (nSPS) is 10.5. The van der Waals surface area contributed by atoms with Crippen molar-refractivity contribution in [3.63, 3.8) is 0 Å². The topological polar surface area (TPSA) is 96.6 Å². The minimum Gasteiger partial charge on any atom is -0.549 e. The van der Waals surface area contributed by atoms with Crippen LogP contribution in [0.25, 0.3) is 17.2 Å². The first-order valence-corrected chi connectivity index (χ1v) is 7.34. The van der Waals surface area contributed by atoms with Crippen molar-refractivity contribution in [2.75, 3.05) is 5.75 Å². The minimum atomic E-state index is -1.16. The van der Waals surface area contributed by atoms with Gasteiger partial charge in [-0.25, -0.2) is 4.98 Å². The third-order valence-electron chi connectivity index (χ3n) is 2.76. The lowest BCUT2D eigenvalue weighted by Gasteiger charge is -2.09. The average Bonchev–Trinajstić information content (AvgIpc) is 2.98. The third-order valence-corrected chi connectivity index (χ3v) is 3.66. The Hall–Kier alpha value is -2.74. The van der Waals surface area contributed by atoms with Crippen molar-refractivity contribution in [3.05, 3.63) is 48.9 Å². The van der Waals surface area contributed by atoms with Gasteiger partial charge >= 0.3 is 0 Å². The van der Waals surface area contributed by atoms with Crippen molar-refractivity contribution >= 4 is 17.7 Å². The molecule has 0 fully saturated rings. The SMILES string of the molecule is O=C([O-])CSc1nnc(-c2cnccn2)n1-c1ccccc1. The number of benzene rings is 1. The van der Waals surface area contributed by atoms with Crippen LogP contribution >= 0.6 is 11.8 Å². The van der Waals surface area contributed by atoms with Crippen LogP contribution in [0.5, 0.6) is 0 Å². The van der Waals surface area contributed by atoms with Gasteiger partial charge in [-0.2, -0.15) is 0 Å². The van der Waals surface area contributed by atoms with Crippen LogP contribution < -0.4 is 5.11 Å². The highest BCUT2D eigenvalue weighted by molar-refractivity contribution is 7.99. The van der Waals surface area contributed by atoms with Crippen LogP contribution in [0.4, 0.5) is 0 Å². The van der Waals surface area contributed by atoms with E-state index in [2.05, 4.69) is 20.2 Å². The molecule has 3 rings (SSSR count). The zero-order chi connectivity index (χ0) is 15.4. The van der Waals surface area contributed by atoms with Gasteiger partial charge in [-0.05, 0) is 12.1 Å². The Labute approximate surface area is 130 Å². The first kappa shape index (κ1) is 14.2. The van der Waals surface area contributed by atoms with Crippen LogP contribution in [0, 0.1) is 0 Å². The highest BCUT2D eigenvalue weighted by Gasteiger charge is 2.16. The fourth-order valence-electron chi connectivity index (χ4n) is 1.88. The number of para-hydroxylation sites is 1. The van der Waals surface area contributed by atoms with Crippen molar-refractivity contribution in [2.45, 2.75) is 5.16 Å². The first-order chi connectivity index (χ1) is 10.8. The average molecular weight is 312 g/mol. The standard InChI is InChI=1S/C14H11N5O2S/c20-12(21)9-22-14-18-17-13(11-8-15-6-7-16-11)19(14)10-4-2-1-3-5-10/h1-8H,9H2,(H,20,21)/p-1. The van der Waals surface area contributed by atoms with Crippen molar-refractivity contribution in [1.29, 1.82) is 0 Å². The maximum absolute atomic E-state index is 10.7. The number of nitrogens with zero attached hydrogens (tertiary/aromatic N) is 5. The molecule has 0 saturated carbocycles. The molecule has 0 radical (unpaired) electrons. The molecule has 0 N–H and O–H groups in total. The van der Waals surface area contributed by atoms with E-state index in [1.54, 1.807) is 23.2 Å². The Morgan fingerprint density at radius 3 is 2.68 bits per heavy atom. The van der Waals surface area contributed by atoms with Crippen molar-refractivity contribution in [3.8, 4) is 17.2 Å². The van der Waals surface area contributed by atoms with E-state index in [9.17, 15) is 9.90 Å². The van der Waals surface area contributed by atoms with E-state index >= 15 is 0 Å². The van der Waals surface area contributed by atoms with Crippen LogP contribution in [0.3, 0.4) is 0 Å². The molecule has 0 spiro atoms. The number of aromatic nitrogens is 5. The summed E-state index contributed by atoms with van der Waals surface area (Å²) < 4.78 is 1.75. The lowest BCUT2D eigenvalue weighted by Crippen LogP contribution is -2.24. The summed E-state index contributed by atoms with van der Waals surface area (Å²) in [7, 11) is 0. The molecule has 3 aromatic rings. The predicted octanol–water partition coefficient (Wildman–Crippen LogP) is 0.566. The summed E-state index contributed by atoms with van der Waals surface area (Å²) in [6.07, 6.45) is 4.71. The number of carbonyl (C=O) groups is 1.